The van der Waals surface area contributed by atoms with Crippen molar-refractivity contribution in [2.24, 2.45) is 0 Å². The van der Waals surface area contributed by atoms with Gasteiger partial charge in [0.15, 0.2) is 9.84 Å². The van der Waals surface area contributed by atoms with Crippen LogP contribution in [0.4, 0.5) is 0 Å². The minimum Gasteiger partial charge on any atom is -0.466 e. The number of sulfone groups is 1. The van der Waals surface area contributed by atoms with Crippen molar-refractivity contribution in [2.45, 2.75) is 61.3 Å². The van der Waals surface area contributed by atoms with Crippen LogP contribution in [-0.2, 0) is 19.4 Å². The molecule has 3 rings (SSSR count). The van der Waals surface area contributed by atoms with E-state index in [0.29, 0.717) is 24.3 Å². The molecule has 0 aliphatic carbocycles. The quantitative estimate of drug-likeness (QED) is 0.762. The van der Waals surface area contributed by atoms with Crippen LogP contribution < -0.4 is 0 Å². The van der Waals surface area contributed by atoms with Crippen LogP contribution in [0, 0.1) is 0 Å². The summed E-state index contributed by atoms with van der Waals surface area (Å²) in [5, 5.41) is -0.374. The molecule has 132 valence electrons. The monoisotopic (exact) mass is 351 g/mol. The van der Waals surface area contributed by atoms with Gasteiger partial charge >= 0.3 is 5.97 Å². The predicted octanol–water partition coefficient (Wildman–Crippen LogP) is 2.41. The lowest BCUT2D eigenvalue weighted by Crippen LogP contribution is -2.53. The van der Waals surface area contributed by atoms with Crippen molar-refractivity contribution >= 4 is 15.8 Å². The van der Waals surface area contributed by atoms with Gasteiger partial charge in [0.05, 0.1) is 23.2 Å². The summed E-state index contributed by atoms with van der Waals surface area (Å²) in [4.78, 5) is 14.5. The molecule has 2 aliphatic rings. The third-order valence-electron chi connectivity index (χ3n) is 5.20. The van der Waals surface area contributed by atoms with E-state index in [0.717, 1.165) is 25.8 Å². The number of carbonyl (C=O) groups is 1. The molecule has 24 heavy (non-hydrogen) atoms. The summed E-state index contributed by atoms with van der Waals surface area (Å²) in [5.74, 6) is -0.183. The molecular formula is C18H25NO4S. The van der Waals surface area contributed by atoms with Crippen LogP contribution in [-0.4, -0.2) is 49.8 Å². The first-order chi connectivity index (χ1) is 11.5. The number of benzene rings is 1. The summed E-state index contributed by atoms with van der Waals surface area (Å²) in [7, 11) is -3.34. The largest absolute Gasteiger partial charge is 0.466 e. The minimum atomic E-state index is -3.34. The van der Waals surface area contributed by atoms with Crippen LogP contribution in [0.3, 0.4) is 0 Å². The fraction of sp³-hybridized carbons (Fsp3) is 0.611. The van der Waals surface area contributed by atoms with E-state index in [-0.39, 0.29) is 23.3 Å². The molecule has 2 fully saturated rings. The summed E-state index contributed by atoms with van der Waals surface area (Å²) in [6.45, 7) is 3.06. The third-order valence-corrected chi connectivity index (χ3v) is 7.48. The van der Waals surface area contributed by atoms with Gasteiger partial charge in [-0.1, -0.05) is 18.2 Å². The maximum Gasteiger partial charge on any atom is 0.307 e. The van der Waals surface area contributed by atoms with Gasteiger partial charge in [-0.05, 0) is 51.3 Å². The normalized spacial score (nSPS) is 27.6. The van der Waals surface area contributed by atoms with Crippen LogP contribution in [0.5, 0.6) is 0 Å². The molecule has 2 heterocycles. The number of esters is 1. The van der Waals surface area contributed by atoms with Crippen molar-refractivity contribution in [3.05, 3.63) is 30.3 Å². The lowest BCUT2D eigenvalue weighted by atomic mass is 9.94. The average Bonchev–Trinajstić information content (AvgIpc) is 3.06. The van der Waals surface area contributed by atoms with Gasteiger partial charge in [-0.15, -0.1) is 0 Å². The maximum absolute atomic E-state index is 13.0. The fourth-order valence-electron chi connectivity index (χ4n) is 4.16. The van der Waals surface area contributed by atoms with Crippen molar-refractivity contribution in [3.63, 3.8) is 0 Å². The van der Waals surface area contributed by atoms with Crippen molar-refractivity contribution in [3.8, 4) is 0 Å². The van der Waals surface area contributed by atoms with Crippen molar-refractivity contribution in [2.75, 3.05) is 13.2 Å². The molecule has 0 saturated carbocycles. The van der Waals surface area contributed by atoms with E-state index in [1.807, 2.05) is 6.07 Å². The molecular weight excluding hydrogens is 326 g/mol. The van der Waals surface area contributed by atoms with E-state index >= 15 is 0 Å². The highest BCUT2D eigenvalue weighted by atomic mass is 32.2. The number of nitrogens with zero attached hydrogens (tertiary/aromatic N) is 1. The smallest absolute Gasteiger partial charge is 0.307 e. The van der Waals surface area contributed by atoms with Crippen molar-refractivity contribution < 1.29 is 17.9 Å². The highest BCUT2D eigenvalue weighted by Gasteiger charge is 2.46. The Hall–Kier alpha value is -1.40. The first-order valence-electron chi connectivity index (χ1n) is 8.74. The molecule has 0 bridgehead atoms. The Morgan fingerprint density at radius 2 is 1.96 bits per heavy atom. The lowest BCUT2D eigenvalue weighted by Gasteiger charge is -2.41. The van der Waals surface area contributed by atoms with Gasteiger partial charge in [-0.2, -0.15) is 0 Å². The molecule has 2 saturated heterocycles. The van der Waals surface area contributed by atoms with Gasteiger partial charge in [-0.25, -0.2) is 8.42 Å². The van der Waals surface area contributed by atoms with E-state index in [1.165, 1.54) is 0 Å². The molecule has 6 heteroatoms. The molecule has 1 aromatic rings. The standard InChI is InChI=1S/C18H25NO4S/c1-2-23-18(20)13-14-10-11-17(16-9-6-12-19(14)16)24(21,22)15-7-4-3-5-8-15/h3-5,7-8,14,16-17H,2,6,9-13H2,1H3. The van der Waals surface area contributed by atoms with Gasteiger partial charge in [0.25, 0.3) is 0 Å². The van der Waals surface area contributed by atoms with E-state index in [4.69, 9.17) is 4.74 Å². The summed E-state index contributed by atoms with van der Waals surface area (Å²) in [6.07, 6.45) is 3.58. The highest BCUT2D eigenvalue weighted by Crippen LogP contribution is 2.38. The van der Waals surface area contributed by atoms with Gasteiger partial charge < -0.3 is 4.74 Å². The third kappa shape index (κ3) is 3.35. The van der Waals surface area contributed by atoms with Crippen molar-refractivity contribution in [1.82, 2.24) is 4.90 Å². The summed E-state index contributed by atoms with van der Waals surface area (Å²) in [6, 6.07) is 8.86. The Morgan fingerprint density at radius 3 is 2.67 bits per heavy atom. The molecule has 0 aromatic heterocycles. The average molecular weight is 351 g/mol. The second-order valence-corrected chi connectivity index (χ2v) is 8.75. The Labute approximate surface area is 143 Å². The van der Waals surface area contributed by atoms with E-state index in [2.05, 4.69) is 4.90 Å². The molecule has 0 radical (unpaired) electrons. The highest BCUT2D eigenvalue weighted by molar-refractivity contribution is 7.92. The van der Waals surface area contributed by atoms with Crippen LogP contribution in [0.2, 0.25) is 0 Å². The molecule has 5 nitrogen and oxygen atoms in total. The number of fused-ring (bicyclic) bond motifs is 1. The fourth-order valence-corrected chi connectivity index (χ4v) is 6.20. The number of piperidine rings is 1. The van der Waals surface area contributed by atoms with Crippen LogP contribution >= 0.6 is 0 Å². The van der Waals surface area contributed by atoms with Crippen LogP contribution in [0.25, 0.3) is 0 Å². The molecule has 0 amide bonds. The number of ether oxygens (including phenoxy) is 1. The van der Waals surface area contributed by atoms with E-state index in [9.17, 15) is 13.2 Å². The number of hydrogen-bond acceptors (Lipinski definition) is 5. The second kappa shape index (κ2) is 7.23. The number of rotatable bonds is 5. The van der Waals surface area contributed by atoms with Gasteiger partial charge in [0.2, 0.25) is 0 Å². The Bertz CT molecular complexity index is 674. The zero-order chi connectivity index (χ0) is 17.2. The number of carbonyl (C=O) groups excluding carboxylic acids is 1. The minimum absolute atomic E-state index is 0.0170. The maximum atomic E-state index is 13.0. The summed E-state index contributed by atoms with van der Waals surface area (Å²) < 4.78 is 31.2. The lowest BCUT2D eigenvalue weighted by molar-refractivity contribution is -0.145. The summed E-state index contributed by atoms with van der Waals surface area (Å²) in [5.41, 5.74) is 0. The van der Waals surface area contributed by atoms with Gasteiger partial charge in [0.1, 0.15) is 0 Å². The zero-order valence-corrected chi connectivity index (χ0v) is 14.9. The molecule has 3 atom stereocenters. The molecule has 0 N–H and O–H groups in total. The zero-order valence-electron chi connectivity index (χ0n) is 14.1. The van der Waals surface area contributed by atoms with Crippen LogP contribution in [0.15, 0.2) is 35.2 Å². The molecule has 3 unspecified atom stereocenters. The molecule has 1 aromatic carbocycles. The topological polar surface area (TPSA) is 63.7 Å². The Balaban J connectivity index is 1.78. The second-order valence-electron chi connectivity index (χ2n) is 6.58. The SMILES string of the molecule is CCOC(=O)CC1CCC(S(=O)(=O)c2ccccc2)C2CCCN12. The van der Waals surface area contributed by atoms with Gasteiger partial charge in [0, 0.05) is 12.1 Å². The van der Waals surface area contributed by atoms with Gasteiger partial charge in [-0.3, -0.25) is 9.69 Å². The first-order valence-corrected chi connectivity index (χ1v) is 10.3. The first kappa shape index (κ1) is 17.4. The Kier molecular flexibility index (Phi) is 5.25. The van der Waals surface area contributed by atoms with E-state index < -0.39 is 9.84 Å². The number of hydrogen-bond donors (Lipinski definition) is 0. The van der Waals surface area contributed by atoms with Crippen molar-refractivity contribution in [1.29, 1.82) is 0 Å². The molecule has 0 spiro atoms. The molecule has 2 aliphatic heterocycles. The van der Waals surface area contributed by atoms with E-state index in [1.54, 1.807) is 31.2 Å². The Morgan fingerprint density at radius 1 is 1.21 bits per heavy atom. The van der Waals surface area contributed by atoms with Crippen LogP contribution in [0.1, 0.15) is 39.0 Å². The summed E-state index contributed by atoms with van der Waals surface area (Å²) >= 11 is 0. The predicted molar refractivity (Wildman–Crippen MR) is 91.4 cm³/mol.